The fourth-order valence-corrected chi connectivity index (χ4v) is 2.78. The first kappa shape index (κ1) is 18.0. The van der Waals surface area contributed by atoms with Gasteiger partial charge in [-0.05, 0) is 32.4 Å². The van der Waals surface area contributed by atoms with Crippen LogP contribution in [-0.4, -0.2) is 43.7 Å². The number of carbonyl (C=O) groups excluding carboxylic acids is 1. The predicted molar refractivity (Wildman–Crippen MR) is 88.7 cm³/mol. The van der Waals surface area contributed by atoms with Crippen LogP contribution in [0.4, 0.5) is 5.69 Å². The van der Waals surface area contributed by atoms with Crippen molar-refractivity contribution in [2.24, 2.45) is 5.92 Å². The third kappa shape index (κ3) is 3.94. The quantitative estimate of drug-likeness (QED) is 0.605. The summed E-state index contributed by atoms with van der Waals surface area (Å²) in [4.78, 5) is 23.4. The van der Waals surface area contributed by atoms with E-state index in [9.17, 15) is 14.9 Å². The van der Waals surface area contributed by atoms with Crippen LogP contribution in [0, 0.1) is 16.0 Å². The lowest BCUT2D eigenvalue weighted by Crippen LogP contribution is -2.48. The Labute approximate surface area is 140 Å². The molecule has 1 aliphatic heterocycles. The van der Waals surface area contributed by atoms with E-state index in [4.69, 9.17) is 9.47 Å². The van der Waals surface area contributed by atoms with Gasteiger partial charge in [0.25, 0.3) is 11.6 Å². The molecule has 8 heteroatoms. The third-order valence-electron chi connectivity index (χ3n) is 4.12. The summed E-state index contributed by atoms with van der Waals surface area (Å²) in [5.41, 5.74) is -0.315. The van der Waals surface area contributed by atoms with Gasteiger partial charge in [-0.3, -0.25) is 14.9 Å². The monoisotopic (exact) mass is 337 g/mol. The van der Waals surface area contributed by atoms with Gasteiger partial charge in [0.05, 0.1) is 24.7 Å². The van der Waals surface area contributed by atoms with Crippen molar-refractivity contribution < 1.29 is 19.2 Å². The molecule has 2 rings (SSSR count). The average molecular weight is 337 g/mol. The molecular weight excluding hydrogens is 314 g/mol. The minimum Gasteiger partial charge on any atom is -0.493 e. The number of rotatable bonds is 6. The molecule has 1 saturated heterocycles. The highest BCUT2D eigenvalue weighted by molar-refractivity contribution is 5.99. The van der Waals surface area contributed by atoms with Gasteiger partial charge in [0.15, 0.2) is 11.5 Å². The number of benzene rings is 1. The van der Waals surface area contributed by atoms with Crippen LogP contribution in [0.1, 0.15) is 30.6 Å². The van der Waals surface area contributed by atoms with Gasteiger partial charge in [0.2, 0.25) is 0 Å². The van der Waals surface area contributed by atoms with Crippen LogP contribution >= 0.6 is 0 Å². The molecule has 0 aliphatic carbocycles. The van der Waals surface area contributed by atoms with Crippen LogP contribution in [0.25, 0.3) is 0 Å². The lowest BCUT2D eigenvalue weighted by atomic mass is 9.95. The number of methoxy groups -OCH3 is 1. The Morgan fingerprint density at radius 1 is 1.46 bits per heavy atom. The van der Waals surface area contributed by atoms with Crippen molar-refractivity contribution >= 4 is 11.6 Å². The van der Waals surface area contributed by atoms with E-state index in [1.165, 1.54) is 19.2 Å². The first-order valence-electron chi connectivity index (χ1n) is 7.98. The summed E-state index contributed by atoms with van der Waals surface area (Å²) in [5.74, 6) is 0.333. The lowest BCUT2D eigenvalue weighted by Gasteiger charge is -2.30. The molecule has 0 aromatic heterocycles. The molecule has 2 N–H and O–H groups in total. The molecule has 0 spiro atoms. The van der Waals surface area contributed by atoms with Crippen molar-refractivity contribution in [3.05, 3.63) is 27.8 Å². The van der Waals surface area contributed by atoms with Gasteiger partial charge >= 0.3 is 0 Å². The lowest BCUT2D eigenvalue weighted by molar-refractivity contribution is -0.385. The van der Waals surface area contributed by atoms with E-state index in [0.29, 0.717) is 12.4 Å². The van der Waals surface area contributed by atoms with E-state index >= 15 is 0 Å². The minimum atomic E-state index is -0.584. The van der Waals surface area contributed by atoms with Gasteiger partial charge in [0.1, 0.15) is 5.56 Å². The van der Waals surface area contributed by atoms with E-state index in [1.54, 1.807) is 6.92 Å². The van der Waals surface area contributed by atoms with Crippen molar-refractivity contribution in [1.29, 1.82) is 0 Å². The summed E-state index contributed by atoms with van der Waals surface area (Å²) in [7, 11) is 1.40. The minimum absolute atomic E-state index is 0.0176. The highest BCUT2D eigenvalue weighted by Crippen LogP contribution is 2.34. The Bertz CT molecular complexity index is 620. The molecule has 1 fully saturated rings. The second kappa shape index (κ2) is 7.96. The third-order valence-corrected chi connectivity index (χ3v) is 4.12. The Kier molecular flexibility index (Phi) is 5.97. The van der Waals surface area contributed by atoms with Crippen molar-refractivity contribution in [1.82, 2.24) is 10.6 Å². The highest BCUT2D eigenvalue weighted by Gasteiger charge is 2.28. The van der Waals surface area contributed by atoms with E-state index in [2.05, 4.69) is 10.6 Å². The van der Waals surface area contributed by atoms with Crippen LogP contribution < -0.4 is 20.1 Å². The molecule has 8 nitrogen and oxygen atoms in total. The summed E-state index contributed by atoms with van der Waals surface area (Å²) in [6.45, 7) is 5.80. The maximum absolute atomic E-state index is 12.6. The molecule has 1 aliphatic rings. The molecule has 1 heterocycles. The Hall–Kier alpha value is -2.35. The molecule has 0 bridgehead atoms. The maximum Gasteiger partial charge on any atom is 0.286 e. The number of nitro groups is 1. The van der Waals surface area contributed by atoms with Crippen molar-refractivity contribution in [2.75, 3.05) is 26.8 Å². The smallest absolute Gasteiger partial charge is 0.286 e. The molecule has 2 unspecified atom stereocenters. The fraction of sp³-hybridized carbons (Fsp3) is 0.562. The fourth-order valence-electron chi connectivity index (χ4n) is 2.78. The topological polar surface area (TPSA) is 103 Å². The Morgan fingerprint density at radius 3 is 2.79 bits per heavy atom. The van der Waals surface area contributed by atoms with Gasteiger partial charge < -0.3 is 20.1 Å². The van der Waals surface area contributed by atoms with Gasteiger partial charge in [-0.2, -0.15) is 0 Å². The number of carbonyl (C=O) groups is 1. The number of piperidine rings is 1. The number of nitrogens with one attached hydrogen (secondary N) is 2. The first-order chi connectivity index (χ1) is 11.5. The van der Waals surface area contributed by atoms with Gasteiger partial charge in [0, 0.05) is 12.1 Å². The van der Waals surface area contributed by atoms with Crippen LogP contribution in [0.15, 0.2) is 12.1 Å². The number of nitrogens with zero attached hydrogens (tertiary/aromatic N) is 1. The molecule has 132 valence electrons. The van der Waals surface area contributed by atoms with Crippen LogP contribution in [0.5, 0.6) is 11.5 Å². The zero-order valence-electron chi connectivity index (χ0n) is 14.1. The van der Waals surface area contributed by atoms with E-state index < -0.39 is 10.8 Å². The number of nitro benzene ring substituents is 1. The molecule has 0 saturated carbocycles. The Morgan fingerprint density at radius 2 is 2.21 bits per heavy atom. The standard InChI is InChI=1S/C16H23N3O5/c1-4-24-15-7-11(13(19(21)22)8-14(15)23-3)16(20)18-12-5-6-17-9-10(12)2/h7-8,10,12,17H,4-6,9H2,1-3H3,(H,18,20). The zero-order valence-corrected chi connectivity index (χ0v) is 14.1. The SMILES string of the molecule is CCOc1cc(C(=O)NC2CCNCC2C)c([N+](=O)[O-])cc1OC. The summed E-state index contributed by atoms with van der Waals surface area (Å²) in [5, 5.41) is 17.5. The summed E-state index contributed by atoms with van der Waals surface area (Å²) >= 11 is 0. The summed E-state index contributed by atoms with van der Waals surface area (Å²) in [6, 6.07) is 2.59. The normalized spacial score (nSPS) is 20.3. The van der Waals surface area contributed by atoms with Crippen molar-refractivity contribution in [3.8, 4) is 11.5 Å². The largest absolute Gasteiger partial charge is 0.493 e. The molecule has 24 heavy (non-hydrogen) atoms. The number of hydrogen-bond acceptors (Lipinski definition) is 6. The van der Waals surface area contributed by atoms with Gasteiger partial charge in [-0.1, -0.05) is 6.92 Å². The zero-order chi connectivity index (χ0) is 17.7. The first-order valence-corrected chi connectivity index (χ1v) is 7.98. The average Bonchev–Trinajstić information content (AvgIpc) is 2.56. The summed E-state index contributed by atoms with van der Waals surface area (Å²) < 4.78 is 10.5. The second-order valence-corrected chi connectivity index (χ2v) is 5.76. The van der Waals surface area contributed by atoms with Gasteiger partial charge in [-0.25, -0.2) is 0 Å². The molecule has 0 radical (unpaired) electrons. The van der Waals surface area contributed by atoms with Crippen molar-refractivity contribution in [2.45, 2.75) is 26.3 Å². The maximum atomic E-state index is 12.6. The molecule has 1 aromatic rings. The summed E-state index contributed by atoms with van der Waals surface area (Å²) in [6.07, 6.45) is 0.787. The number of ether oxygens (including phenoxy) is 2. The van der Waals surface area contributed by atoms with Gasteiger partial charge in [-0.15, -0.1) is 0 Å². The van der Waals surface area contributed by atoms with Crippen LogP contribution in [-0.2, 0) is 0 Å². The molecule has 1 aromatic carbocycles. The van der Waals surface area contributed by atoms with Crippen molar-refractivity contribution in [3.63, 3.8) is 0 Å². The van der Waals surface area contributed by atoms with E-state index in [-0.39, 0.29) is 29.0 Å². The second-order valence-electron chi connectivity index (χ2n) is 5.76. The highest BCUT2D eigenvalue weighted by atomic mass is 16.6. The number of hydrogen-bond donors (Lipinski definition) is 2. The molecule has 2 atom stereocenters. The molecule has 1 amide bonds. The van der Waals surface area contributed by atoms with Crippen LogP contribution in [0.3, 0.4) is 0 Å². The predicted octanol–water partition coefficient (Wildman–Crippen LogP) is 1.73. The van der Waals surface area contributed by atoms with E-state index in [0.717, 1.165) is 19.5 Å². The Balaban J connectivity index is 2.33. The van der Waals surface area contributed by atoms with Crippen LogP contribution in [0.2, 0.25) is 0 Å². The number of amides is 1. The van der Waals surface area contributed by atoms with E-state index in [1.807, 2.05) is 6.92 Å². The molecular formula is C16H23N3O5.